The minimum Gasteiger partial charge on any atom is -0.450 e. The molecule has 0 unspecified atom stereocenters. The first-order valence-electron chi connectivity index (χ1n) is 4.46. The second kappa shape index (κ2) is 4.39. The SMILES string of the molecule is O=C(O)OCc1nnn(-c2ccccc2)n1. The summed E-state index contributed by atoms with van der Waals surface area (Å²) < 4.78 is 4.32. The summed E-state index contributed by atoms with van der Waals surface area (Å²) in [6.45, 7) is -0.206. The molecular formula is C9H8N4O3. The average molecular weight is 220 g/mol. The third-order valence-corrected chi connectivity index (χ3v) is 1.77. The Morgan fingerprint density at radius 1 is 1.38 bits per heavy atom. The van der Waals surface area contributed by atoms with Gasteiger partial charge >= 0.3 is 6.16 Å². The Morgan fingerprint density at radius 2 is 2.12 bits per heavy atom. The van der Waals surface area contributed by atoms with Crippen molar-refractivity contribution in [1.82, 2.24) is 20.2 Å². The number of ether oxygens (including phenoxy) is 1. The minimum atomic E-state index is -1.36. The van der Waals surface area contributed by atoms with Gasteiger partial charge in [-0.3, -0.25) is 0 Å². The van der Waals surface area contributed by atoms with Gasteiger partial charge in [-0.1, -0.05) is 18.2 Å². The Balaban J connectivity index is 2.11. The van der Waals surface area contributed by atoms with Gasteiger partial charge in [-0.25, -0.2) is 4.79 Å². The number of rotatable bonds is 3. The third kappa shape index (κ3) is 2.32. The van der Waals surface area contributed by atoms with Crippen molar-refractivity contribution < 1.29 is 14.6 Å². The van der Waals surface area contributed by atoms with Crippen LogP contribution in [0, 0.1) is 0 Å². The lowest BCUT2D eigenvalue weighted by atomic mass is 10.3. The van der Waals surface area contributed by atoms with Gasteiger partial charge in [0.2, 0.25) is 5.82 Å². The highest BCUT2D eigenvalue weighted by molar-refractivity contribution is 5.56. The highest BCUT2D eigenvalue weighted by atomic mass is 16.7. The van der Waals surface area contributed by atoms with Crippen LogP contribution in [0.4, 0.5) is 4.79 Å². The zero-order chi connectivity index (χ0) is 11.4. The molecule has 0 atom stereocenters. The highest BCUT2D eigenvalue weighted by Crippen LogP contribution is 2.02. The molecule has 1 aromatic carbocycles. The van der Waals surface area contributed by atoms with Crippen LogP contribution in [0.2, 0.25) is 0 Å². The number of benzene rings is 1. The van der Waals surface area contributed by atoms with Gasteiger partial charge in [0.15, 0.2) is 6.61 Å². The molecule has 2 aromatic rings. The summed E-state index contributed by atoms with van der Waals surface area (Å²) in [4.78, 5) is 11.5. The van der Waals surface area contributed by atoms with E-state index < -0.39 is 6.16 Å². The van der Waals surface area contributed by atoms with Crippen molar-refractivity contribution in [1.29, 1.82) is 0 Å². The van der Waals surface area contributed by atoms with Gasteiger partial charge in [0.05, 0.1) is 5.69 Å². The second-order valence-corrected chi connectivity index (χ2v) is 2.89. The molecular weight excluding hydrogens is 212 g/mol. The first-order chi connectivity index (χ1) is 7.75. The fraction of sp³-hybridized carbons (Fsp3) is 0.111. The molecule has 0 amide bonds. The topological polar surface area (TPSA) is 90.1 Å². The van der Waals surface area contributed by atoms with Crippen molar-refractivity contribution in [2.45, 2.75) is 6.61 Å². The van der Waals surface area contributed by atoms with Gasteiger partial charge in [0, 0.05) is 0 Å². The van der Waals surface area contributed by atoms with Gasteiger partial charge in [-0.2, -0.15) is 0 Å². The van der Waals surface area contributed by atoms with E-state index in [4.69, 9.17) is 5.11 Å². The Bertz CT molecular complexity index is 483. The maximum atomic E-state index is 10.1. The normalized spacial score (nSPS) is 10.0. The average Bonchev–Trinajstić information content (AvgIpc) is 2.76. The first kappa shape index (κ1) is 10.1. The first-order valence-corrected chi connectivity index (χ1v) is 4.46. The molecule has 7 heteroatoms. The van der Waals surface area contributed by atoms with E-state index in [1.807, 2.05) is 30.3 Å². The second-order valence-electron chi connectivity index (χ2n) is 2.89. The molecule has 1 N–H and O–H groups in total. The molecule has 0 radical (unpaired) electrons. The Labute approximate surface area is 90.3 Å². The molecule has 0 saturated heterocycles. The predicted molar refractivity (Wildman–Crippen MR) is 52.0 cm³/mol. The Hall–Kier alpha value is -2.44. The monoisotopic (exact) mass is 220 g/mol. The number of para-hydroxylation sites is 1. The van der Waals surface area contributed by atoms with Crippen LogP contribution < -0.4 is 0 Å². The van der Waals surface area contributed by atoms with Crippen LogP contribution >= 0.6 is 0 Å². The molecule has 0 aliphatic carbocycles. The van der Waals surface area contributed by atoms with E-state index in [9.17, 15) is 4.79 Å². The van der Waals surface area contributed by atoms with Crippen molar-refractivity contribution in [3.8, 4) is 5.69 Å². The minimum absolute atomic E-state index is 0.206. The summed E-state index contributed by atoms with van der Waals surface area (Å²) in [5.74, 6) is 0.214. The highest BCUT2D eigenvalue weighted by Gasteiger charge is 2.06. The van der Waals surface area contributed by atoms with Crippen LogP contribution in [-0.2, 0) is 11.3 Å². The van der Waals surface area contributed by atoms with Gasteiger partial charge in [-0.05, 0) is 17.3 Å². The van der Waals surface area contributed by atoms with Crippen LogP contribution in [0.3, 0.4) is 0 Å². The molecule has 2 rings (SSSR count). The van der Waals surface area contributed by atoms with E-state index in [1.54, 1.807) is 0 Å². The van der Waals surface area contributed by atoms with E-state index in [1.165, 1.54) is 4.80 Å². The van der Waals surface area contributed by atoms with Crippen LogP contribution in [-0.4, -0.2) is 31.5 Å². The van der Waals surface area contributed by atoms with E-state index in [0.717, 1.165) is 5.69 Å². The molecule has 1 heterocycles. The molecule has 0 fully saturated rings. The van der Waals surface area contributed by atoms with Crippen LogP contribution in [0.25, 0.3) is 5.69 Å². The van der Waals surface area contributed by atoms with Gasteiger partial charge in [0.1, 0.15) is 0 Å². The predicted octanol–water partition coefficient (Wildman–Crippen LogP) is 0.857. The summed E-state index contributed by atoms with van der Waals surface area (Å²) in [6.07, 6.45) is -1.36. The van der Waals surface area contributed by atoms with Crippen LogP contribution in [0.15, 0.2) is 30.3 Å². The summed E-state index contributed by atoms with van der Waals surface area (Å²) in [5.41, 5.74) is 0.747. The summed E-state index contributed by atoms with van der Waals surface area (Å²) in [5, 5.41) is 19.7. The Kier molecular flexibility index (Phi) is 2.77. The number of carbonyl (C=O) groups is 1. The standard InChI is InChI=1S/C9H8N4O3/c14-9(15)16-6-8-10-12-13(11-8)7-4-2-1-3-5-7/h1-5H,6H2,(H,14,15). The molecule has 1 aromatic heterocycles. The summed E-state index contributed by atoms with van der Waals surface area (Å²) in [7, 11) is 0. The smallest absolute Gasteiger partial charge is 0.450 e. The Morgan fingerprint density at radius 3 is 2.81 bits per heavy atom. The van der Waals surface area contributed by atoms with E-state index >= 15 is 0 Å². The molecule has 7 nitrogen and oxygen atoms in total. The molecule has 0 spiro atoms. The lowest BCUT2D eigenvalue weighted by Crippen LogP contribution is -2.02. The van der Waals surface area contributed by atoms with Crippen molar-refractivity contribution in [2.24, 2.45) is 0 Å². The fourth-order valence-electron chi connectivity index (χ4n) is 1.10. The number of nitrogens with zero attached hydrogens (tertiary/aromatic N) is 4. The maximum Gasteiger partial charge on any atom is 0.506 e. The summed E-state index contributed by atoms with van der Waals surface area (Å²) in [6, 6.07) is 9.17. The lowest BCUT2D eigenvalue weighted by molar-refractivity contribution is 0.0830. The van der Waals surface area contributed by atoms with Crippen molar-refractivity contribution >= 4 is 6.16 Å². The van der Waals surface area contributed by atoms with Crippen molar-refractivity contribution in [3.05, 3.63) is 36.2 Å². The number of aromatic nitrogens is 4. The quantitative estimate of drug-likeness (QED) is 0.771. The van der Waals surface area contributed by atoms with Gasteiger partial charge in [-0.15, -0.1) is 15.0 Å². The van der Waals surface area contributed by atoms with Gasteiger partial charge in [0.25, 0.3) is 0 Å². The van der Waals surface area contributed by atoms with E-state index in [-0.39, 0.29) is 12.4 Å². The number of tetrazole rings is 1. The molecule has 0 aliphatic heterocycles. The zero-order valence-corrected chi connectivity index (χ0v) is 8.15. The molecule has 0 bridgehead atoms. The maximum absolute atomic E-state index is 10.1. The molecule has 16 heavy (non-hydrogen) atoms. The molecule has 82 valence electrons. The number of hydrogen-bond donors (Lipinski definition) is 1. The fourth-order valence-corrected chi connectivity index (χ4v) is 1.10. The van der Waals surface area contributed by atoms with E-state index in [0.29, 0.717) is 0 Å². The van der Waals surface area contributed by atoms with Crippen molar-refractivity contribution in [3.63, 3.8) is 0 Å². The summed E-state index contributed by atoms with van der Waals surface area (Å²) >= 11 is 0. The third-order valence-electron chi connectivity index (χ3n) is 1.77. The van der Waals surface area contributed by atoms with E-state index in [2.05, 4.69) is 20.1 Å². The van der Waals surface area contributed by atoms with Crippen LogP contribution in [0.5, 0.6) is 0 Å². The molecule has 0 aliphatic rings. The number of hydrogen-bond acceptors (Lipinski definition) is 5. The van der Waals surface area contributed by atoms with Crippen molar-refractivity contribution in [2.75, 3.05) is 0 Å². The lowest BCUT2D eigenvalue weighted by Gasteiger charge is -1.96. The molecule has 0 saturated carbocycles. The van der Waals surface area contributed by atoms with Gasteiger partial charge < -0.3 is 9.84 Å². The largest absolute Gasteiger partial charge is 0.506 e. The number of carboxylic acid groups (broad SMARTS) is 1. The zero-order valence-electron chi connectivity index (χ0n) is 8.15. The van der Waals surface area contributed by atoms with Crippen LogP contribution in [0.1, 0.15) is 5.82 Å².